The van der Waals surface area contributed by atoms with Gasteiger partial charge in [-0.1, -0.05) is 115 Å². The van der Waals surface area contributed by atoms with Crippen LogP contribution in [-0.2, 0) is 76.3 Å². The average molecular weight is 1970 g/mol. The van der Waals surface area contributed by atoms with Crippen molar-refractivity contribution in [3.05, 3.63) is 387 Å². The molecule has 4 fully saturated rings. The van der Waals surface area contributed by atoms with E-state index in [4.69, 9.17) is 0 Å². The standard InChI is InChI=1S/C22H18O6.C17H4O7S.C17H4O7.2C17H6O7.C14H10O6/c23-19-9-17(10-20(24)27-19)15-5-1-13(2-6-15)14-3-7-16(8-4-14)18-11-21(25)28-22(26)12-18;18-13-9-1-5-7(16(21)23-14(5)19)3-11(9)25-12-4-8-6(2-10(12)13)15(20)24-17(8)22;18-13-7-3-11-9(14(19)23-16(11)21)1-5(7)6-2-10-12(4-8(6)13)17(22)24-15(10)20;18-13(7-3-1-5-9-11(7)16(21)23-14(9)19)8-4-2-6-10-12(8)17(22)24-15(10)20;18-13(7-4-5-8-11(6-7)16(21)23-14(8)19)9-2-1-3-10-12(9)17(22)24-15(10)20;15-11-5-9(13(17)19-11)7-1-2-8(4-3-7)10-6-12(16)20-14(10)18/h1-8,17-18H,9-12H2;1-4H;1-4H;2*1-6H;1-4,9-10H,5-6H2. The zero-order valence-corrected chi connectivity index (χ0v) is 73.6. The minimum Gasteiger partial charge on any atom is -0.393 e. The average Bonchev–Trinajstić information content (AvgIpc) is 1.56. The number of esters is 16. The van der Waals surface area contributed by atoms with E-state index in [1.54, 1.807) is 24.3 Å². The summed E-state index contributed by atoms with van der Waals surface area (Å²) in [5.74, 6) is -13.7. The molecular weight excluding hydrogens is 1920 g/mol. The van der Waals surface area contributed by atoms with Crippen LogP contribution in [0.3, 0.4) is 0 Å². The van der Waals surface area contributed by atoms with Gasteiger partial charge in [0, 0.05) is 65.0 Å². The zero-order valence-electron chi connectivity index (χ0n) is 72.8. The molecule has 5 aromatic heterocycles. The Bertz CT molecular complexity index is 9060. The first-order chi connectivity index (χ1) is 69.4. The first kappa shape index (κ1) is 92.7. The number of furan rings is 4. The molecule has 17 aromatic rings. The number of rotatable bonds is 9. The predicted molar refractivity (Wildman–Crippen MR) is 492 cm³/mol. The van der Waals surface area contributed by atoms with Crippen LogP contribution in [0.1, 0.15) is 199 Å². The Balaban J connectivity index is 0.000000106. The summed E-state index contributed by atoms with van der Waals surface area (Å²) in [6, 6.07) is 49.5. The van der Waals surface area contributed by atoms with Crippen LogP contribution >= 0.6 is 11.3 Å². The quantitative estimate of drug-likeness (QED) is 0.0427. The van der Waals surface area contributed by atoms with Crippen LogP contribution in [-0.4, -0.2) is 107 Å². The van der Waals surface area contributed by atoms with Crippen molar-refractivity contribution in [2.24, 2.45) is 0 Å². The molecule has 2 atom stereocenters. The van der Waals surface area contributed by atoms with Crippen molar-refractivity contribution in [3.8, 4) is 11.1 Å². The fraction of sp³-hybridized carbons (Fsp3) is 0.0962. The molecular formula is C104H48O40S. The normalized spacial score (nSPS) is 16.2. The first-order valence-electron chi connectivity index (χ1n) is 42.9. The lowest BCUT2D eigenvalue weighted by Crippen LogP contribution is -2.24. The maximum atomic E-state index is 12.8. The van der Waals surface area contributed by atoms with E-state index in [9.17, 15) is 134 Å². The van der Waals surface area contributed by atoms with Crippen molar-refractivity contribution in [2.75, 3.05) is 0 Å². The van der Waals surface area contributed by atoms with Gasteiger partial charge in [0.05, 0.1) is 138 Å². The second-order valence-corrected chi connectivity index (χ2v) is 34.5. The van der Waals surface area contributed by atoms with Crippen molar-refractivity contribution in [2.45, 2.75) is 62.2 Å². The monoisotopic (exact) mass is 1970 g/mol. The number of fused-ring (bicyclic) bond motifs is 13. The van der Waals surface area contributed by atoms with Gasteiger partial charge in [0.1, 0.15) is 0 Å². The van der Waals surface area contributed by atoms with E-state index < -0.39 is 175 Å². The van der Waals surface area contributed by atoms with Gasteiger partial charge in [-0.3, -0.25) is 57.5 Å². The van der Waals surface area contributed by atoms with E-state index in [1.807, 2.05) is 48.5 Å². The Labute approximate surface area is 801 Å². The van der Waals surface area contributed by atoms with Gasteiger partial charge < -0.3 is 55.6 Å². The molecule has 0 saturated carbocycles. The van der Waals surface area contributed by atoms with Crippen LogP contribution in [0.15, 0.2) is 260 Å². The summed E-state index contributed by atoms with van der Waals surface area (Å²) >= 11 is 1.17. The summed E-state index contributed by atoms with van der Waals surface area (Å²) in [5, 5.41) is 2.22. The molecule has 25 rings (SSSR count). The van der Waals surface area contributed by atoms with Crippen LogP contribution in [0.2, 0.25) is 0 Å². The van der Waals surface area contributed by atoms with Gasteiger partial charge in [-0.15, -0.1) is 11.3 Å². The van der Waals surface area contributed by atoms with Gasteiger partial charge in [0.2, 0.25) is 0 Å². The molecule has 145 heavy (non-hydrogen) atoms. The lowest BCUT2D eigenvalue weighted by Gasteiger charge is -2.21. The smallest absolute Gasteiger partial charge is 0.347 e. The Kier molecular flexibility index (Phi) is 22.9. The molecule has 4 saturated heterocycles. The third kappa shape index (κ3) is 16.6. The lowest BCUT2D eigenvalue weighted by atomic mass is 9.88. The predicted octanol–water partition coefficient (Wildman–Crippen LogP) is 8.95. The minimum absolute atomic E-state index is 0.0130. The Hall–Kier alpha value is -20.0. The minimum atomic E-state index is -0.926. The second-order valence-electron chi connectivity index (χ2n) is 33.4. The number of carbonyl (C=O) groups excluding carboxylic acids is 18. The lowest BCUT2D eigenvalue weighted by molar-refractivity contribution is -0.165. The van der Waals surface area contributed by atoms with E-state index in [-0.39, 0.29) is 182 Å². The van der Waals surface area contributed by atoms with Crippen molar-refractivity contribution in [1.82, 2.24) is 0 Å². The highest BCUT2D eigenvalue weighted by molar-refractivity contribution is 7.24. The highest BCUT2D eigenvalue weighted by Crippen LogP contribution is 2.39. The van der Waals surface area contributed by atoms with Gasteiger partial charge >= 0.3 is 141 Å². The number of carbonyl (C=O) groups is 18. The van der Waals surface area contributed by atoms with Crippen LogP contribution in [0.5, 0.6) is 0 Å². The molecule has 8 aliphatic heterocycles. The van der Waals surface area contributed by atoms with Crippen molar-refractivity contribution in [1.29, 1.82) is 0 Å². The molecule has 40 nitrogen and oxygen atoms in total. The van der Waals surface area contributed by atoms with E-state index in [2.05, 4.69) is 55.6 Å². The molecule has 710 valence electrons. The molecule has 41 heteroatoms. The Morgan fingerprint density at radius 2 is 0.510 bits per heavy atom. The largest absolute Gasteiger partial charge is 0.393 e. The van der Waals surface area contributed by atoms with Crippen molar-refractivity contribution in [3.63, 3.8) is 0 Å². The van der Waals surface area contributed by atoms with Gasteiger partial charge in [0.15, 0.2) is 22.4 Å². The molecule has 2 unspecified atom stereocenters. The Morgan fingerprint density at radius 3 is 0.848 bits per heavy atom. The maximum Gasteiger partial charge on any atom is 0.347 e. The number of ketones is 2. The highest BCUT2D eigenvalue weighted by atomic mass is 32.1. The topological polar surface area (TPSA) is 604 Å². The fourth-order valence-electron chi connectivity index (χ4n) is 17.9. The fourth-order valence-corrected chi connectivity index (χ4v) is 19.0. The van der Waals surface area contributed by atoms with E-state index in [1.165, 1.54) is 133 Å². The number of cyclic esters (lactones) is 16. The summed E-state index contributed by atoms with van der Waals surface area (Å²) in [6.07, 6.45) is 0.902. The van der Waals surface area contributed by atoms with Gasteiger partial charge in [-0.05, 0) is 123 Å². The molecule has 0 spiro atoms. The van der Waals surface area contributed by atoms with E-state index in [0.29, 0.717) is 31.3 Å². The first-order valence-corrected chi connectivity index (χ1v) is 43.7. The van der Waals surface area contributed by atoms with Crippen LogP contribution in [0.4, 0.5) is 0 Å². The number of benzene rings is 11. The van der Waals surface area contributed by atoms with E-state index >= 15 is 0 Å². The molecule has 0 bridgehead atoms. The number of hydrogen-bond donors (Lipinski definition) is 0. The summed E-state index contributed by atoms with van der Waals surface area (Å²) in [6.45, 7) is 0. The highest BCUT2D eigenvalue weighted by Gasteiger charge is 2.42. The van der Waals surface area contributed by atoms with Gasteiger partial charge in [-0.25, -0.2) is 76.7 Å². The zero-order chi connectivity index (χ0) is 102. The number of ether oxygens (including phenoxy) is 8. The summed E-state index contributed by atoms with van der Waals surface area (Å²) in [5.41, 5.74) is -2.37. The summed E-state index contributed by atoms with van der Waals surface area (Å²) in [4.78, 5) is 328. The Morgan fingerprint density at radius 1 is 0.228 bits per heavy atom. The number of hydrogen-bond acceptors (Lipinski definition) is 41. The van der Waals surface area contributed by atoms with Crippen LogP contribution in [0, 0.1) is 0 Å². The second kappa shape index (κ2) is 35.8. The van der Waals surface area contributed by atoms with Crippen LogP contribution in [0.25, 0.3) is 95.9 Å². The SMILES string of the molecule is O=C1CC(c2ccc(-c3ccc(C4CC(=O)OC(=O)C4)cc3)cc2)CC(=O)O1.O=C1CC(c2ccc(C3CC(=O)OC3=O)cc2)C(=O)O1.O=C1OC(=O)c2c1cccc2C(=O)c1cccc2c1C(=O)OC2=O.O=C1OC(=O)c2cc(C(=O)c3cccc4c3C(=O)OC4=O)ccc21.O=c1c2cc3c(=O)oc(=O)c3cc2sc2cc3c(=O)oc(=O)c3cc12.O=c1oc(=O)c2cc3c(cc12)c(=O)c1cc2c(=O)oc(=O)c2cc13. The molecule has 12 aromatic carbocycles. The molecule has 0 aliphatic carbocycles. The molecule has 0 radical (unpaired) electrons. The molecule has 0 N–H and O–H groups in total. The van der Waals surface area contributed by atoms with Crippen molar-refractivity contribution < 1.29 is 142 Å². The maximum absolute atomic E-state index is 12.8. The van der Waals surface area contributed by atoms with Gasteiger partial charge in [0.25, 0.3) is 0 Å². The third-order valence-corrected chi connectivity index (χ3v) is 26.0. The van der Waals surface area contributed by atoms with Crippen molar-refractivity contribution >= 4 is 203 Å². The van der Waals surface area contributed by atoms with E-state index in [0.717, 1.165) is 22.3 Å². The molecule has 0 amide bonds. The summed E-state index contributed by atoms with van der Waals surface area (Å²) in [7, 11) is 0. The summed E-state index contributed by atoms with van der Waals surface area (Å²) < 4.78 is 55.3. The third-order valence-electron chi connectivity index (χ3n) is 24.9. The van der Waals surface area contributed by atoms with Crippen LogP contribution < -0.4 is 55.9 Å². The molecule has 13 heterocycles. The molecule has 8 aliphatic rings. The van der Waals surface area contributed by atoms with Gasteiger partial charge in [-0.2, -0.15) is 0 Å².